The van der Waals surface area contributed by atoms with Crippen LogP contribution >= 0.6 is 11.8 Å². The van der Waals surface area contributed by atoms with Gasteiger partial charge in [-0.3, -0.25) is 9.59 Å². The maximum absolute atomic E-state index is 12.0. The summed E-state index contributed by atoms with van der Waals surface area (Å²) in [5.41, 5.74) is 0.922. The predicted octanol–water partition coefficient (Wildman–Crippen LogP) is 1.06. The SMILES string of the molecule is COC(=O)[C@H](Cc1ccccc1)NC(=O)CN1CCSC1=O. The van der Waals surface area contributed by atoms with Gasteiger partial charge in [-0.15, -0.1) is 0 Å². The van der Waals surface area contributed by atoms with E-state index in [1.807, 2.05) is 30.3 Å². The fourth-order valence-electron chi connectivity index (χ4n) is 2.17. The second kappa shape index (κ2) is 7.84. The number of carbonyl (C=O) groups excluding carboxylic acids is 3. The Hall–Kier alpha value is -2.02. The number of esters is 1. The summed E-state index contributed by atoms with van der Waals surface area (Å²) in [4.78, 5) is 36.8. The molecule has 6 nitrogen and oxygen atoms in total. The number of rotatable bonds is 6. The van der Waals surface area contributed by atoms with E-state index in [1.54, 1.807) is 0 Å². The van der Waals surface area contributed by atoms with Crippen molar-refractivity contribution in [2.75, 3.05) is 26.0 Å². The molecule has 1 aromatic rings. The topological polar surface area (TPSA) is 75.7 Å². The zero-order chi connectivity index (χ0) is 15.9. The second-order valence-corrected chi connectivity index (χ2v) is 5.92. The van der Waals surface area contributed by atoms with E-state index in [-0.39, 0.29) is 17.7 Å². The number of nitrogens with one attached hydrogen (secondary N) is 1. The van der Waals surface area contributed by atoms with E-state index in [0.717, 1.165) is 5.56 Å². The molecule has 1 aromatic carbocycles. The highest BCUT2D eigenvalue weighted by Gasteiger charge is 2.26. The summed E-state index contributed by atoms with van der Waals surface area (Å²) >= 11 is 1.20. The third-order valence-corrected chi connectivity index (χ3v) is 4.17. The van der Waals surface area contributed by atoms with Crippen molar-refractivity contribution >= 4 is 28.9 Å². The summed E-state index contributed by atoms with van der Waals surface area (Å²) in [5, 5.41) is 2.54. The molecular weight excluding hydrogens is 304 g/mol. The molecule has 2 rings (SSSR count). The predicted molar refractivity (Wildman–Crippen MR) is 83.5 cm³/mol. The average molecular weight is 322 g/mol. The molecule has 2 amide bonds. The first-order chi connectivity index (χ1) is 10.6. The van der Waals surface area contributed by atoms with Crippen molar-refractivity contribution in [2.45, 2.75) is 12.5 Å². The van der Waals surface area contributed by atoms with Gasteiger partial charge in [0.25, 0.3) is 5.24 Å². The minimum absolute atomic E-state index is 0.0336. The van der Waals surface area contributed by atoms with Crippen molar-refractivity contribution in [1.82, 2.24) is 10.2 Å². The van der Waals surface area contributed by atoms with Crippen LogP contribution in [-0.4, -0.2) is 54.0 Å². The molecule has 0 saturated carbocycles. The molecule has 1 heterocycles. The Morgan fingerprint density at radius 2 is 2.09 bits per heavy atom. The number of ether oxygens (including phenoxy) is 1. The lowest BCUT2D eigenvalue weighted by atomic mass is 10.1. The van der Waals surface area contributed by atoms with Crippen molar-refractivity contribution in [3.8, 4) is 0 Å². The number of carbonyl (C=O) groups is 3. The Bertz CT molecular complexity index is 550. The molecular formula is C15H18N2O4S. The number of thioether (sulfide) groups is 1. The molecule has 1 atom stereocenters. The first-order valence-electron chi connectivity index (χ1n) is 6.93. The van der Waals surface area contributed by atoms with E-state index in [9.17, 15) is 14.4 Å². The molecule has 1 fully saturated rings. The fraction of sp³-hybridized carbons (Fsp3) is 0.400. The van der Waals surface area contributed by atoms with E-state index >= 15 is 0 Å². The standard InChI is InChI=1S/C15H18N2O4S/c1-21-14(19)12(9-11-5-3-2-4-6-11)16-13(18)10-17-7-8-22-15(17)20/h2-6,12H,7-10H2,1H3,(H,16,18)/t12-/m0/s1. The Labute approximate surface area is 133 Å². The zero-order valence-corrected chi connectivity index (χ0v) is 13.1. The molecule has 1 saturated heterocycles. The number of benzene rings is 1. The van der Waals surface area contributed by atoms with Crippen molar-refractivity contribution in [3.05, 3.63) is 35.9 Å². The van der Waals surface area contributed by atoms with Crippen molar-refractivity contribution in [3.63, 3.8) is 0 Å². The van der Waals surface area contributed by atoms with Crippen molar-refractivity contribution in [2.24, 2.45) is 0 Å². The second-order valence-electron chi connectivity index (χ2n) is 4.87. The number of amides is 2. The van der Waals surface area contributed by atoms with E-state index in [1.165, 1.54) is 23.8 Å². The maximum atomic E-state index is 12.0. The van der Waals surface area contributed by atoms with Crippen LogP contribution in [0.4, 0.5) is 4.79 Å². The highest BCUT2D eigenvalue weighted by Crippen LogP contribution is 2.16. The van der Waals surface area contributed by atoms with E-state index in [0.29, 0.717) is 18.7 Å². The van der Waals surface area contributed by atoms with Gasteiger partial charge in [0.1, 0.15) is 12.6 Å². The normalized spacial score (nSPS) is 15.5. The molecule has 1 aliphatic heterocycles. The number of methoxy groups -OCH3 is 1. The van der Waals surface area contributed by atoms with Crippen LogP contribution in [0.15, 0.2) is 30.3 Å². The van der Waals surface area contributed by atoms with Crippen LogP contribution in [0.5, 0.6) is 0 Å². The summed E-state index contributed by atoms with van der Waals surface area (Å²) in [7, 11) is 1.28. The van der Waals surface area contributed by atoms with Gasteiger partial charge in [-0.2, -0.15) is 0 Å². The van der Waals surface area contributed by atoms with Crippen LogP contribution in [0.25, 0.3) is 0 Å². The van der Waals surface area contributed by atoms with Crippen LogP contribution in [0.2, 0.25) is 0 Å². The third-order valence-electron chi connectivity index (χ3n) is 3.28. The number of hydrogen-bond acceptors (Lipinski definition) is 5. The minimum Gasteiger partial charge on any atom is -0.467 e. The molecule has 118 valence electrons. The lowest BCUT2D eigenvalue weighted by Gasteiger charge is -2.19. The molecule has 0 unspecified atom stereocenters. The Balaban J connectivity index is 1.95. The molecule has 0 bridgehead atoms. The quantitative estimate of drug-likeness (QED) is 0.793. The van der Waals surface area contributed by atoms with Crippen LogP contribution in [0, 0.1) is 0 Å². The van der Waals surface area contributed by atoms with Gasteiger partial charge in [0.15, 0.2) is 0 Å². The van der Waals surface area contributed by atoms with Gasteiger partial charge in [0.05, 0.1) is 7.11 Å². The molecule has 0 aromatic heterocycles. The largest absolute Gasteiger partial charge is 0.467 e. The van der Waals surface area contributed by atoms with Crippen LogP contribution < -0.4 is 5.32 Å². The van der Waals surface area contributed by atoms with Crippen molar-refractivity contribution in [1.29, 1.82) is 0 Å². The van der Waals surface area contributed by atoms with E-state index in [2.05, 4.69) is 5.32 Å². The first-order valence-corrected chi connectivity index (χ1v) is 7.91. The Morgan fingerprint density at radius 1 is 1.36 bits per heavy atom. The summed E-state index contributed by atoms with van der Waals surface area (Å²) in [6, 6.07) is 8.61. The van der Waals surface area contributed by atoms with Gasteiger partial charge in [-0.25, -0.2) is 4.79 Å². The summed E-state index contributed by atoms with van der Waals surface area (Å²) < 4.78 is 4.74. The zero-order valence-electron chi connectivity index (χ0n) is 12.3. The lowest BCUT2D eigenvalue weighted by molar-refractivity contribution is -0.145. The van der Waals surface area contributed by atoms with Crippen LogP contribution in [0.1, 0.15) is 5.56 Å². The van der Waals surface area contributed by atoms with Gasteiger partial charge in [-0.1, -0.05) is 42.1 Å². The van der Waals surface area contributed by atoms with Gasteiger partial charge in [-0.05, 0) is 5.56 Å². The molecule has 0 radical (unpaired) electrons. The van der Waals surface area contributed by atoms with Crippen LogP contribution in [-0.2, 0) is 20.7 Å². The molecule has 22 heavy (non-hydrogen) atoms. The maximum Gasteiger partial charge on any atom is 0.328 e. The number of nitrogens with zero attached hydrogens (tertiary/aromatic N) is 1. The van der Waals surface area contributed by atoms with Crippen molar-refractivity contribution < 1.29 is 19.1 Å². The Kier molecular flexibility index (Phi) is 5.83. The van der Waals surface area contributed by atoms with Gasteiger partial charge < -0.3 is 15.0 Å². The van der Waals surface area contributed by atoms with Gasteiger partial charge >= 0.3 is 5.97 Å². The molecule has 1 N–H and O–H groups in total. The molecule has 7 heteroatoms. The number of hydrogen-bond donors (Lipinski definition) is 1. The molecule has 0 spiro atoms. The fourth-order valence-corrected chi connectivity index (χ4v) is 2.99. The molecule has 0 aliphatic carbocycles. The molecule has 1 aliphatic rings. The lowest BCUT2D eigenvalue weighted by Crippen LogP contribution is -2.47. The summed E-state index contributed by atoms with van der Waals surface area (Å²) in [6.07, 6.45) is 0.349. The third kappa shape index (κ3) is 4.49. The summed E-state index contributed by atoms with van der Waals surface area (Å²) in [5.74, 6) is -0.169. The smallest absolute Gasteiger partial charge is 0.328 e. The monoisotopic (exact) mass is 322 g/mol. The van der Waals surface area contributed by atoms with E-state index < -0.39 is 12.0 Å². The first kappa shape index (κ1) is 16.4. The van der Waals surface area contributed by atoms with Crippen LogP contribution in [0.3, 0.4) is 0 Å². The van der Waals surface area contributed by atoms with Gasteiger partial charge in [0, 0.05) is 18.7 Å². The average Bonchev–Trinajstić information content (AvgIpc) is 2.92. The van der Waals surface area contributed by atoms with E-state index in [4.69, 9.17) is 4.74 Å². The minimum atomic E-state index is -0.759. The van der Waals surface area contributed by atoms with Gasteiger partial charge in [0.2, 0.25) is 5.91 Å². The Morgan fingerprint density at radius 3 is 2.68 bits per heavy atom. The highest BCUT2D eigenvalue weighted by atomic mass is 32.2. The highest BCUT2D eigenvalue weighted by molar-refractivity contribution is 8.13. The summed E-state index contributed by atoms with van der Waals surface area (Å²) in [6.45, 7) is 0.520.